The Morgan fingerprint density at radius 1 is 1.53 bits per heavy atom. The SMILES string of the molecule is Cc1cc(F)ccc1COC(=O)Cn1cnc(N)n1. The number of ether oxygens (including phenoxy) is 1. The smallest absolute Gasteiger partial charge is 0.328 e. The Hall–Kier alpha value is -2.44. The summed E-state index contributed by atoms with van der Waals surface area (Å²) < 4.78 is 19.3. The fourth-order valence-electron chi connectivity index (χ4n) is 1.54. The number of esters is 1. The standard InChI is InChI=1S/C12H13FN4O2/c1-8-4-10(13)3-2-9(8)6-19-11(18)5-17-7-15-12(14)16-17/h2-4,7H,5-6H2,1H3,(H2,14,16). The second-order valence-corrected chi connectivity index (χ2v) is 4.03. The van der Waals surface area contributed by atoms with Gasteiger partial charge in [0.25, 0.3) is 0 Å². The molecule has 0 aliphatic heterocycles. The number of hydrogen-bond donors (Lipinski definition) is 1. The zero-order valence-electron chi connectivity index (χ0n) is 10.3. The third-order valence-corrected chi connectivity index (χ3v) is 2.54. The summed E-state index contributed by atoms with van der Waals surface area (Å²) in [5.74, 6) is -0.679. The molecular formula is C12H13FN4O2. The number of hydrogen-bond acceptors (Lipinski definition) is 5. The molecule has 0 aliphatic rings. The molecule has 0 amide bonds. The highest BCUT2D eigenvalue weighted by Crippen LogP contribution is 2.11. The summed E-state index contributed by atoms with van der Waals surface area (Å²) in [6.07, 6.45) is 1.35. The number of aromatic nitrogens is 3. The predicted octanol–water partition coefficient (Wildman–Crippen LogP) is 1.05. The number of rotatable bonds is 4. The average Bonchev–Trinajstić information content (AvgIpc) is 2.73. The number of carbonyl (C=O) groups excluding carboxylic acids is 1. The van der Waals surface area contributed by atoms with E-state index in [1.807, 2.05) is 0 Å². The molecule has 0 unspecified atom stereocenters. The quantitative estimate of drug-likeness (QED) is 0.834. The van der Waals surface area contributed by atoms with Crippen molar-refractivity contribution in [2.45, 2.75) is 20.1 Å². The molecule has 2 rings (SSSR count). The maximum absolute atomic E-state index is 12.9. The number of anilines is 1. The monoisotopic (exact) mass is 264 g/mol. The molecule has 0 aliphatic carbocycles. The average molecular weight is 264 g/mol. The van der Waals surface area contributed by atoms with Gasteiger partial charge >= 0.3 is 5.97 Å². The molecule has 2 N–H and O–H groups in total. The Morgan fingerprint density at radius 3 is 2.95 bits per heavy atom. The van der Waals surface area contributed by atoms with Gasteiger partial charge in [-0.25, -0.2) is 14.1 Å². The fourth-order valence-corrected chi connectivity index (χ4v) is 1.54. The molecule has 0 saturated heterocycles. The van der Waals surface area contributed by atoms with Gasteiger partial charge in [-0.15, -0.1) is 5.10 Å². The topological polar surface area (TPSA) is 83.0 Å². The van der Waals surface area contributed by atoms with E-state index in [9.17, 15) is 9.18 Å². The van der Waals surface area contributed by atoms with Gasteiger partial charge in [-0.1, -0.05) is 6.07 Å². The second-order valence-electron chi connectivity index (χ2n) is 4.03. The third-order valence-electron chi connectivity index (χ3n) is 2.54. The molecule has 19 heavy (non-hydrogen) atoms. The van der Waals surface area contributed by atoms with Crippen molar-refractivity contribution in [2.24, 2.45) is 0 Å². The van der Waals surface area contributed by atoms with Crippen LogP contribution >= 0.6 is 0 Å². The van der Waals surface area contributed by atoms with Crippen LogP contribution in [-0.4, -0.2) is 20.7 Å². The lowest BCUT2D eigenvalue weighted by atomic mass is 10.1. The van der Waals surface area contributed by atoms with Crippen molar-refractivity contribution in [2.75, 3.05) is 5.73 Å². The first kappa shape index (κ1) is 13.0. The highest BCUT2D eigenvalue weighted by molar-refractivity contribution is 5.69. The summed E-state index contributed by atoms with van der Waals surface area (Å²) in [5.41, 5.74) is 6.81. The Kier molecular flexibility index (Phi) is 3.74. The van der Waals surface area contributed by atoms with Crippen molar-refractivity contribution in [3.05, 3.63) is 41.5 Å². The molecule has 0 bridgehead atoms. The van der Waals surface area contributed by atoms with Gasteiger partial charge in [0, 0.05) is 0 Å². The van der Waals surface area contributed by atoms with Crippen LogP contribution in [0.3, 0.4) is 0 Å². The molecule has 0 radical (unpaired) electrons. The van der Waals surface area contributed by atoms with Crippen LogP contribution in [0.25, 0.3) is 0 Å². The Morgan fingerprint density at radius 2 is 2.32 bits per heavy atom. The Labute approximate surface area is 109 Å². The maximum Gasteiger partial charge on any atom is 0.328 e. The molecule has 0 saturated carbocycles. The second kappa shape index (κ2) is 5.47. The summed E-state index contributed by atoms with van der Waals surface area (Å²) >= 11 is 0. The molecule has 0 atom stereocenters. The van der Waals surface area contributed by atoms with E-state index in [0.29, 0.717) is 0 Å². The first-order valence-electron chi connectivity index (χ1n) is 5.60. The summed E-state index contributed by atoms with van der Waals surface area (Å²) in [4.78, 5) is 15.2. The number of benzene rings is 1. The number of nitrogen functional groups attached to an aromatic ring is 1. The first-order chi connectivity index (χ1) is 9.04. The van der Waals surface area contributed by atoms with Crippen LogP contribution in [0.4, 0.5) is 10.3 Å². The van der Waals surface area contributed by atoms with Crippen molar-refractivity contribution in [3.8, 4) is 0 Å². The van der Waals surface area contributed by atoms with E-state index < -0.39 is 5.97 Å². The van der Waals surface area contributed by atoms with Crippen molar-refractivity contribution >= 4 is 11.9 Å². The van der Waals surface area contributed by atoms with Gasteiger partial charge in [-0.3, -0.25) is 4.79 Å². The van der Waals surface area contributed by atoms with Gasteiger partial charge in [0.05, 0.1) is 0 Å². The van der Waals surface area contributed by atoms with E-state index in [2.05, 4.69) is 10.1 Å². The van der Waals surface area contributed by atoms with Crippen LogP contribution in [0.15, 0.2) is 24.5 Å². The minimum absolute atomic E-state index is 0.0650. The van der Waals surface area contributed by atoms with Crippen LogP contribution in [-0.2, 0) is 22.7 Å². The highest BCUT2D eigenvalue weighted by atomic mass is 19.1. The number of aryl methyl sites for hydroxylation is 1. The van der Waals surface area contributed by atoms with E-state index in [1.165, 1.54) is 23.1 Å². The van der Waals surface area contributed by atoms with E-state index in [0.717, 1.165) is 11.1 Å². The predicted molar refractivity (Wildman–Crippen MR) is 65.4 cm³/mol. The van der Waals surface area contributed by atoms with Gasteiger partial charge in [0.1, 0.15) is 25.3 Å². The third kappa shape index (κ3) is 3.51. The van der Waals surface area contributed by atoms with Crippen LogP contribution in [0.1, 0.15) is 11.1 Å². The molecule has 100 valence electrons. The van der Waals surface area contributed by atoms with Crippen molar-refractivity contribution in [1.29, 1.82) is 0 Å². The number of halogens is 1. The summed E-state index contributed by atoms with van der Waals surface area (Å²) in [6.45, 7) is 1.78. The lowest BCUT2D eigenvalue weighted by molar-refractivity contribution is -0.145. The summed E-state index contributed by atoms with van der Waals surface area (Å²) in [6, 6.07) is 4.31. The van der Waals surface area contributed by atoms with E-state index >= 15 is 0 Å². The summed E-state index contributed by atoms with van der Waals surface area (Å²) in [7, 11) is 0. The van der Waals surface area contributed by atoms with Gasteiger partial charge in [0.2, 0.25) is 5.95 Å². The van der Waals surface area contributed by atoms with Gasteiger partial charge in [-0.2, -0.15) is 0 Å². The molecule has 1 aromatic heterocycles. The lowest BCUT2D eigenvalue weighted by Crippen LogP contribution is -2.14. The summed E-state index contributed by atoms with van der Waals surface area (Å²) in [5, 5.41) is 3.77. The van der Waals surface area contributed by atoms with Crippen LogP contribution in [0.5, 0.6) is 0 Å². The van der Waals surface area contributed by atoms with Crippen molar-refractivity contribution in [1.82, 2.24) is 14.8 Å². The van der Waals surface area contributed by atoms with Crippen molar-refractivity contribution < 1.29 is 13.9 Å². The van der Waals surface area contributed by atoms with E-state index in [-0.39, 0.29) is 24.9 Å². The molecule has 6 nitrogen and oxygen atoms in total. The molecule has 7 heteroatoms. The molecule has 1 heterocycles. The van der Waals surface area contributed by atoms with Gasteiger partial charge in [-0.05, 0) is 30.2 Å². The van der Waals surface area contributed by atoms with Crippen LogP contribution in [0.2, 0.25) is 0 Å². The van der Waals surface area contributed by atoms with E-state index in [1.54, 1.807) is 13.0 Å². The zero-order valence-corrected chi connectivity index (χ0v) is 10.3. The Balaban J connectivity index is 1.89. The van der Waals surface area contributed by atoms with Gasteiger partial charge < -0.3 is 10.5 Å². The maximum atomic E-state index is 12.9. The number of nitrogens with two attached hydrogens (primary N) is 1. The lowest BCUT2D eigenvalue weighted by Gasteiger charge is -2.07. The largest absolute Gasteiger partial charge is 0.459 e. The highest BCUT2D eigenvalue weighted by Gasteiger charge is 2.08. The van der Waals surface area contributed by atoms with Crippen molar-refractivity contribution in [3.63, 3.8) is 0 Å². The number of nitrogens with zero attached hydrogens (tertiary/aromatic N) is 3. The first-order valence-corrected chi connectivity index (χ1v) is 5.60. The van der Waals surface area contributed by atoms with Crippen LogP contribution < -0.4 is 5.73 Å². The molecule has 0 fully saturated rings. The minimum atomic E-state index is -0.464. The molecular weight excluding hydrogens is 251 g/mol. The van der Waals surface area contributed by atoms with Gasteiger partial charge in [0.15, 0.2) is 0 Å². The van der Waals surface area contributed by atoms with Crippen LogP contribution in [0, 0.1) is 12.7 Å². The minimum Gasteiger partial charge on any atom is -0.459 e. The van der Waals surface area contributed by atoms with E-state index in [4.69, 9.17) is 10.5 Å². The molecule has 0 spiro atoms. The molecule has 2 aromatic rings. The fraction of sp³-hybridized carbons (Fsp3) is 0.250. The molecule has 1 aromatic carbocycles. The normalized spacial score (nSPS) is 10.4. The number of carbonyl (C=O) groups is 1. The zero-order chi connectivity index (χ0) is 13.8. The Bertz CT molecular complexity index is 597.